The Bertz CT molecular complexity index is 1040. The van der Waals surface area contributed by atoms with Crippen LogP contribution >= 0.6 is 0 Å². The minimum Gasteiger partial charge on any atom is -0.296 e. The molecule has 1 aromatic carbocycles. The lowest BCUT2D eigenvalue weighted by Gasteiger charge is -2.33. The zero-order valence-corrected chi connectivity index (χ0v) is 15.0. The number of benzene rings is 1. The molecule has 0 aliphatic carbocycles. The molecule has 5 heteroatoms. The van der Waals surface area contributed by atoms with Crippen LogP contribution in [0, 0.1) is 0 Å². The van der Waals surface area contributed by atoms with Crippen LogP contribution in [0.25, 0.3) is 22.2 Å². The predicted molar refractivity (Wildman–Crippen MR) is 102 cm³/mol. The van der Waals surface area contributed by atoms with Crippen molar-refractivity contribution in [3.8, 4) is 11.3 Å². The third-order valence-corrected chi connectivity index (χ3v) is 6.01. The van der Waals surface area contributed by atoms with Crippen LogP contribution in [0.3, 0.4) is 0 Å². The van der Waals surface area contributed by atoms with Gasteiger partial charge < -0.3 is 0 Å². The topological polar surface area (TPSA) is 51.0 Å². The summed E-state index contributed by atoms with van der Waals surface area (Å²) in [5.74, 6) is 0.913. The second-order valence-corrected chi connectivity index (χ2v) is 7.70. The molecule has 132 valence electrons. The fourth-order valence-electron chi connectivity index (χ4n) is 4.53. The largest absolute Gasteiger partial charge is 0.296 e. The summed E-state index contributed by atoms with van der Waals surface area (Å²) in [6.45, 7) is 5.14. The van der Waals surface area contributed by atoms with Gasteiger partial charge in [-0.3, -0.25) is 19.2 Å². The first-order valence-corrected chi connectivity index (χ1v) is 9.34. The van der Waals surface area contributed by atoms with Crippen LogP contribution in [0.15, 0.2) is 47.4 Å². The van der Waals surface area contributed by atoms with E-state index in [0.717, 1.165) is 55.1 Å². The van der Waals surface area contributed by atoms with Gasteiger partial charge in [0.05, 0.1) is 16.6 Å². The lowest BCUT2D eigenvalue weighted by molar-refractivity contribution is 0.148. The number of nitrogens with zero attached hydrogens (tertiary/aromatic N) is 4. The summed E-state index contributed by atoms with van der Waals surface area (Å²) in [5.41, 5.74) is 2.85. The molecule has 1 unspecified atom stereocenters. The van der Waals surface area contributed by atoms with Gasteiger partial charge in [-0.05, 0) is 50.6 Å². The van der Waals surface area contributed by atoms with Crippen molar-refractivity contribution < 1.29 is 0 Å². The highest BCUT2D eigenvalue weighted by Gasteiger charge is 2.39. The molecular formula is C21H22N4O. The molecule has 1 saturated heterocycles. The van der Waals surface area contributed by atoms with E-state index in [1.54, 1.807) is 6.20 Å². The Kier molecular flexibility index (Phi) is 3.47. The average Bonchev–Trinajstić information content (AvgIpc) is 2.97. The lowest BCUT2D eigenvalue weighted by Crippen LogP contribution is -2.45. The third-order valence-electron chi connectivity index (χ3n) is 6.01. The van der Waals surface area contributed by atoms with Crippen molar-refractivity contribution in [2.24, 2.45) is 0 Å². The normalized spacial score (nSPS) is 22.8. The SMILES string of the molecule is CC12CCCN1CCc1nc3cc(-c4ccccn4)ccc3c(=O)n1C2. The summed E-state index contributed by atoms with van der Waals surface area (Å²) in [6.07, 6.45) is 4.98. The predicted octanol–water partition coefficient (Wildman–Crippen LogP) is 2.87. The van der Waals surface area contributed by atoms with Crippen LogP contribution in [-0.4, -0.2) is 38.1 Å². The summed E-state index contributed by atoms with van der Waals surface area (Å²) < 4.78 is 1.92. The molecule has 3 aromatic rings. The van der Waals surface area contributed by atoms with Gasteiger partial charge in [-0.2, -0.15) is 0 Å². The van der Waals surface area contributed by atoms with Gasteiger partial charge in [0.25, 0.3) is 5.56 Å². The Morgan fingerprint density at radius 1 is 1.15 bits per heavy atom. The number of fused-ring (bicyclic) bond motifs is 3. The van der Waals surface area contributed by atoms with E-state index >= 15 is 0 Å². The van der Waals surface area contributed by atoms with Crippen molar-refractivity contribution in [3.05, 3.63) is 58.8 Å². The van der Waals surface area contributed by atoms with Gasteiger partial charge in [0.15, 0.2) is 0 Å². The van der Waals surface area contributed by atoms with Gasteiger partial charge in [0.1, 0.15) is 5.82 Å². The molecule has 0 saturated carbocycles. The Labute approximate surface area is 152 Å². The van der Waals surface area contributed by atoms with Gasteiger partial charge >= 0.3 is 0 Å². The van der Waals surface area contributed by atoms with Crippen molar-refractivity contribution in [2.45, 2.75) is 38.3 Å². The molecule has 0 radical (unpaired) electrons. The molecule has 0 bridgehead atoms. The zero-order chi connectivity index (χ0) is 17.7. The van der Waals surface area contributed by atoms with Crippen LogP contribution < -0.4 is 5.56 Å². The monoisotopic (exact) mass is 346 g/mol. The molecule has 4 heterocycles. The highest BCUT2D eigenvalue weighted by molar-refractivity contribution is 5.83. The van der Waals surface area contributed by atoms with E-state index in [2.05, 4.69) is 16.8 Å². The Balaban J connectivity index is 1.66. The van der Waals surface area contributed by atoms with Crippen LogP contribution in [0.1, 0.15) is 25.6 Å². The number of hydrogen-bond donors (Lipinski definition) is 0. The molecule has 5 nitrogen and oxygen atoms in total. The van der Waals surface area contributed by atoms with E-state index in [-0.39, 0.29) is 11.1 Å². The molecule has 2 aromatic heterocycles. The highest BCUT2D eigenvalue weighted by atomic mass is 16.1. The van der Waals surface area contributed by atoms with Gasteiger partial charge in [-0.25, -0.2) is 4.98 Å². The van der Waals surface area contributed by atoms with E-state index in [0.29, 0.717) is 5.39 Å². The van der Waals surface area contributed by atoms with Crippen LogP contribution in [0.4, 0.5) is 0 Å². The summed E-state index contributed by atoms with van der Waals surface area (Å²) in [4.78, 5) is 25.0. The summed E-state index contributed by atoms with van der Waals surface area (Å²) in [7, 11) is 0. The van der Waals surface area contributed by atoms with E-state index in [1.807, 2.05) is 41.0 Å². The van der Waals surface area contributed by atoms with Crippen molar-refractivity contribution in [3.63, 3.8) is 0 Å². The Morgan fingerprint density at radius 3 is 2.92 bits per heavy atom. The smallest absolute Gasteiger partial charge is 0.261 e. The quantitative estimate of drug-likeness (QED) is 0.680. The zero-order valence-electron chi connectivity index (χ0n) is 15.0. The Morgan fingerprint density at radius 2 is 2.08 bits per heavy atom. The van der Waals surface area contributed by atoms with Crippen molar-refractivity contribution in [1.29, 1.82) is 0 Å². The first kappa shape index (κ1) is 15.7. The van der Waals surface area contributed by atoms with Crippen molar-refractivity contribution in [1.82, 2.24) is 19.4 Å². The van der Waals surface area contributed by atoms with E-state index in [9.17, 15) is 4.79 Å². The molecule has 2 aliphatic rings. The number of aromatic nitrogens is 3. The Hall–Kier alpha value is -2.53. The van der Waals surface area contributed by atoms with Crippen LogP contribution in [-0.2, 0) is 13.0 Å². The maximum atomic E-state index is 13.2. The minimum atomic E-state index is 0.0817. The molecule has 26 heavy (non-hydrogen) atoms. The van der Waals surface area contributed by atoms with Crippen LogP contribution in [0.5, 0.6) is 0 Å². The average molecular weight is 346 g/mol. The van der Waals surface area contributed by atoms with E-state index in [4.69, 9.17) is 4.98 Å². The van der Waals surface area contributed by atoms with Gasteiger partial charge in [-0.1, -0.05) is 12.1 Å². The van der Waals surface area contributed by atoms with Gasteiger partial charge in [-0.15, -0.1) is 0 Å². The fraction of sp³-hybridized carbons (Fsp3) is 0.381. The second-order valence-electron chi connectivity index (χ2n) is 7.70. The fourth-order valence-corrected chi connectivity index (χ4v) is 4.53. The molecule has 0 N–H and O–H groups in total. The third kappa shape index (κ3) is 2.38. The summed E-state index contributed by atoms with van der Waals surface area (Å²) in [5, 5.41) is 0.698. The lowest BCUT2D eigenvalue weighted by atomic mass is 9.99. The highest BCUT2D eigenvalue weighted by Crippen LogP contribution is 2.32. The second kappa shape index (κ2) is 5.74. The first-order valence-electron chi connectivity index (χ1n) is 9.34. The number of hydrogen-bond acceptors (Lipinski definition) is 4. The number of pyridine rings is 1. The van der Waals surface area contributed by atoms with Gasteiger partial charge in [0, 0.05) is 36.8 Å². The molecule has 0 amide bonds. The molecule has 5 rings (SSSR count). The van der Waals surface area contributed by atoms with E-state index in [1.165, 1.54) is 6.42 Å². The van der Waals surface area contributed by atoms with Gasteiger partial charge in [0.2, 0.25) is 0 Å². The minimum absolute atomic E-state index is 0.0817. The summed E-state index contributed by atoms with van der Waals surface area (Å²) >= 11 is 0. The first-order chi connectivity index (χ1) is 12.6. The van der Waals surface area contributed by atoms with E-state index < -0.39 is 0 Å². The van der Waals surface area contributed by atoms with Crippen molar-refractivity contribution >= 4 is 10.9 Å². The standard InChI is InChI=1S/C21H22N4O/c1-21-9-4-11-24(21)12-8-19-23-18-13-15(17-5-2-3-10-22-17)6-7-16(18)20(26)25(19)14-21/h2-3,5-7,10,13H,4,8-9,11-12,14H2,1H3. The van der Waals surface area contributed by atoms with Crippen LogP contribution in [0.2, 0.25) is 0 Å². The molecule has 1 fully saturated rings. The molecule has 1 atom stereocenters. The maximum absolute atomic E-state index is 13.2. The molecule has 2 aliphatic heterocycles. The number of rotatable bonds is 1. The summed E-state index contributed by atoms with van der Waals surface area (Å²) in [6, 6.07) is 11.7. The molecular weight excluding hydrogens is 324 g/mol. The molecule has 0 spiro atoms. The maximum Gasteiger partial charge on any atom is 0.261 e. The van der Waals surface area contributed by atoms with Crippen molar-refractivity contribution in [2.75, 3.05) is 13.1 Å².